The summed E-state index contributed by atoms with van der Waals surface area (Å²) in [5.41, 5.74) is 3.25. The molecule has 0 aliphatic rings. The molecule has 1 rings (SSSR count). The summed E-state index contributed by atoms with van der Waals surface area (Å²) in [6, 6.07) is 0. The van der Waals surface area contributed by atoms with Gasteiger partial charge in [0.25, 0.3) is 0 Å². The van der Waals surface area contributed by atoms with Crippen molar-refractivity contribution in [2.24, 2.45) is 0 Å². The number of esters is 1. The minimum absolute atomic E-state index is 0.212. The molecule has 0 unspecified atom stereocenters. The van der Waals surface area contributed by atoms with Gasteiger partial charge in [0, 0.05) is 18.7 Å². The van der Waals surface area contributed by atoms with Crippen LogP contribution >= 0.6 is 11.3 Å². The summed E-state index contributed by atoms with van der Waals surface area (Å²) in [6.07, 6.45) is 5.64. The topological polar surface area (TPSA) is 39.2 Å². The lowest BCUT2D eigenvalue weighted by atomic mass is 10.0. The maximum Gasteiger partial charge on any atom is 0.303 e. The van der Waals surface area contributed by atoms with Crippen LogP contribution in [0.2, 0.25) is 0 Å². The molecule has 1 atom stereocenters. The van der Waals surface area contributed by atoms with Crippen molar-refractivity contribution in [1.29, 1.82) is 0 Å². The molecule has 0 fully saturated rings. The molecule has 110 valence electrons. The van der Waals surface area contributed by atoms with Gasteiger partial charge in [0.05, 0.1) is 10.7 Å². The van der Waals surface area contributed by atoms with E-state index in [0.717, 1.165) is 22.7 Å². The molecule has 0 spiro atoms. The van der Waals surface area contributed by atoms with Crippen LogP contribution in [0.25, 0.3) is 6.08 Å². The molecule has 0 amide bonds. The Morgan fingerprint density at radius 3 is 2.65 bits per heavy atom. The number of ether oxygens (including phenoxy) is 1. The van der Waals surface area contributed by atoms with Gasteiger partial charge in [0.15, 0.2) is 0 Å². The molecule has 0 radical (unpaired) electrons. The molecule has 0 aromatic carbocycles. The molecular formula is C16H23NO2S. The van der Waals surface area contributed by atoms with E-state index in [2.05, 4.69) is 24.9 Å². The van der Waals surface area contributed by atoms with Gasteiger partial charge in [-0.15, -0.1) is 11.3 Å². The summed E-state index contributed by atoms with van der Waals surface area (Å²) in [7, 11) is 0. The first-order valence-electron chi connectivity index (χ1n) is 6.85. The van der Waals surface area contributed by atoms with E-state index in [4.69, 9.17) is 4.74 Å². The number of rotatable bonds is 6. The van der Waals surface area contributed by atoms with Crippen molar-refractivity contribution >= 4 is 23.4 Å². The number of allylic oxidation sites excluding steroid dienone is 1. The Labute approximate surface area is 125 Å². The molecule has 20 heavy (non-hydrogen) atoms. The monoisotopic (exact) mass is 293 g/mol. The highest BCUT2D eigenvalue weighted by Gasteiger charge is 2.13. The molecule has 1 heterocycles. The van der Waals surface area contributed by atoms with Crippen molar-refractivity contribution in [3.8, 4) is 0 Å². The molecule has 4 heteroatoms. The van der Waals surface area contributed by atoms with Crippen molar-refractivity contribution < 1.29 is 9.53 Å². The summed E-state index contributed by atoms with van der Waals surface area (Å²) in [4.78, 5) is 15.7. The number of carbonyl (C=O) groups excluding carboxylic acids is 1. The standard InChI is InChI=1S/C16H23NO2S/c1-6-11(2)7-8-16(19-14(5)18)12(3)9-15-10-20-13(4)17-15/h7,9-10,16H,6,8H2,1-5H3/b11-7-,12-9+/t16-/m0/s1. The number of aromatic nitrogens is 1. The zero-order valence-corrected chi connectivity index (χ0v) is 13.7. The van der Waals surface area contributed by atoms with Crippen LogP contribution in [-0.4, -0.2) is 17.1 Å². The normalized spacial score (nSPS) is 14.2. The smallest absolute Gasteiger partial charge is 0.303 e. The third-order valence-corrected chi connectivity index (χ3v) is 3.86. The zero-order valence-electron chi connectivity index (χ0n) is 12.9. The van der Waals surface area contributed by atoms with Crippen LogP contribution in [0.4, 0.5) is 0 Å². The van der Waals surface area contributed by atoms with Gasteiger partial charge < -0.3 is 4.74 Å². The Bertz CT molecular complexity index is 514. The molecule has 0 aliphatic heterocycles. The van der Waals surface area contributed by atoms with Gasteiger partial charge in [0.2, 0.25) is 0 Å². The summed E-state index contributed by atoms with van der Waals surface area (Å²) in [5, 5.41) is 3.05. The second-order valence-electron chi connectivity index (χ2n) is 4.92. The number of hydrogen-bond donors (Lipinski definition) is 0. The van der Waals surface area contributed by atoms with E-state index in [1.165, 1.54) is 12.5 Å². The van der Waals surface area contributed by atoms with Crippen LogP contribution in [0.3, 0.4) is 0 Å². The molecule has 3 nitrogen and oxygen atoms in total. The lowest BCUT2D eigenvalue weighted by Crippen LogP contribution is -2.17. The van der Waals surface area contributed by atoms with Crippen molar-refractivity contribution in [3.05, 3.63) is 33.3 Å². The average Bonchev–Trinajstić information content (AvgIpc) is 2.78. The SMILES string of the molecule is CC/C(C)=C\C[C@H](OC(C)=O)/C(C)=C/c1csc(C)n1. The van der Waals surface area contributed by atoms with Crippen LogP contribution < -0.4 is 0 Å². The predicted molar refractivity (Wildman–Crippen MR) is 84.7 cm³/mol. The highest BCUT2D eigenvalue weighted by molar-refractivity contribution is 7.09. The maximum atomic E-state index is 11.2. The van der Waals surface area contributed by atoms with E-state index in [1.54, 1.807) is 11.3 Å². The van der Waals surface area contributed by atoms with Gasteiger partial charge in [-0.2, -0.15) is 0 Å². The molecule has 1 aromatic heterocycles. The fourth-order valence-corrected chi connectivity index (χ4v) is 2.32. The lowest BCUT2D eigenvalue weighted by Gasteiger charge is -2.16. The molecule has 0 bridgehead atoms. The van der Waals surface area contributed by atoms with Crippen LogP contribution in [0.5, 0.6) is 0 Å². The van der Waals surface area contributed by atoms with Crippen LogP contribution in [0.15, 0.2) is 22.6 Å². The van der Waals surface area contributed by atoms with Crippen LogP contribution in [0, 0.1) is 6.92 Å². The Balaban J connectivity index is 2.86. The maximum absolute atomic E-state index is 11.2. The van der Waals surface area contributed by atoms with Gasteiger partial charge in [-0.05, 0) is 38.8 Å². The number of thiazole rings is 1. The first kappa shape index (κ1) is 16.6. The van der Waals surface area contributed by atoms with E-state index >= 15 is 0 Å². The summed E-state index contributed by atoms with van der Waals surface area (Å²) in [5.74, 6) is -0.250. The van der Waals surface area contributed by atoms with E-state index in [-0.39, 0.29) is 12.1 Å². The quantitative estimate of drug-likeness (QED) is 0.571. The molecule has 0 N–H and O–H groups in total. The summed E-state index contributed by atoms with van der Waals surface area (Å²) >= 11 is 1.62. The van der Waals surface area contributed by atoms with Gasteiger partial charge in [-0.3, -0.25) is 4.79 Å². The molecule has 0 saturated heterocycles. The number of nitrogens with zero attached hydrogens (tertiary/aromatic N) is 1. The minimum Gasteiger partial charge on any atom is -0.458 e. The Kier molecular flexibility index (Phi) is 6.65. The third-order valence-electron chi connectivity index (χ3n) is 3.07. The second-order valence-corrected chi connectivity index (χ2v) is 5.98. The van der Waals surface area contributed by atoms with Gasteiger partial charge >= 0.3 is 5.97 Å². The first-order chi connectivity index (χ1) is 9.42. The number of hydrogen-bond acceptors (Lipinski definition) is 4. The second kappa shape index (κ2) is 8.00. The number of aryl methyl sites for hydroxylation is 1. The van der Waals surface area contributed by atoms with Gasteiger partial charge in [-0.25, -0.2) is 4.98 Å². The Morgan fingerprint density at radius 1 is 1.45 bits per heavy atom. The summed E-state index contributed by atoms with van der Waals surface area (Å²) < 4.78 is 5.41. The fraction of sp³-hybridized carbons (Fsp3) is 0.500. The number of carbonyl (C=O) groups is 1. The van der Waals surface area contributed by atoms with Crippen molar-refractivity contribution in [3.63, 3.8) is 0 Å². The predicted octanol–water partition coefficient (Wildman–Crippen LogP) is 4.53. The van der Waals surface area contributed by atoms with E-state index < -0.39 is 0 Å². The van der Waals surface area contributed by atoms with Crippen molar-refractivity contribution in [1.82, 2.24) is 4.98 Å². The molecule has 1 aromatic rings. The molecule has 0 saturated carbocycles. The van der Waals surface area contributed by atoms with Gasteiger partial charge in [0.1, 0.15) is 6.10 Å². The third kappa shape index (κ3) is 5.70. The highest BCUT2D eigenvalue weighted by Crippen LogP contribution is 2.18. The molecule has 0 aliphatic carbocycles. The first-order valence-corrected chi connectivity index (χ1v) is 7.73. The molecular weight excluding hydrogens is 270 g/mol. The van der Waals surface area contributed by atoms with Crippen molar-refractivity contribution in [2.45, 2.75) is 53.6 Å². The zero-order chi connectivity index (χ0) is 15.1. The van der Waals surface area contributed by atoms with Crippen molar-refractivity contribution in [2.75, 3.05) is 0 Å². The Hall–Kier alpha value is -1.42. The highest BCUT2D eigenvalue weighted by atomic mass is 32.1. The van der Waals surface area contributed by atoms with Crippen LogP contribution in [0.1, 0.15) is 51.2 Å². The fourth-order valence-electron chi connectivity index (χ4n) is 1.75. The van der Waals surface area contributed by atoms with E-state index in [0.29, 0.717) is 6.42 Å². The average molecular weight is 293 g/mol. The summed E-state index contributed by atoms with van der Waals surface area (Å²) in [6.45, 7) is 9.62. The van der Waals surface area contributed by atoms with E-state index in [9.17, 15) is 4.79 Å². The largest absolute Gasteiger partial charge is 0.458 e. The van der Waals surface area contributed by atoms with E-state index in [1.807, 2.05) is 25.3 Å². The van der Waals surface area contributed by atoms with Crippen LogP contribution in [-0.2, 0) is 9.53 Å². The lowest BCUT2D eigenvalue weighted by molar-refractivity contribution is -0.144. The minimum atomic E-state index is -0.250. The Morgan fingerprint density at radius 2 is 2.15 bits per heavy atom. The van der Waals surface area contributed by atoms with Gasteiger partial charge in [-0.1, -0.05) is 18.6 Å².